The van der Waals surface area contributed by atoms with Crippen LogP contribution in [0.15, 0.2) is 30.3 Å². The van der Waals surface area contributed by atoms with Crippen molar-refractivity contribution in [3.63, 3.8) is 0 Å². The fourth-order valence-electron chi connectivity index (χ4n) is 3.99. The maximum absolute atomic E-state index is 12.1. The van der Waals surface area contributed by atoms with Crippen LogP contribution in [0.5, 0.6) is 0 Å². The van der Waals surface area contributed by atoms with Crippen molar-refractivity contribution in [3.8, 4) is 6.07 Å². The van der Waals surface area contributed by atoms with Gasteiger partial charge < -0.3 is 4.74 Å². The van der Waals surface area contributed by atoms with E-state index in [1.165, 1.54) is 12.7 Å². The number of nitriles is 1. The molecule has 0 aromatic heterocycles. The average molecular weight is 284 g/mol. The predicted octanol–water partition coefficient (Wildman–Crippen LogP) is 2.21. The summed E-state index contributed by atoms with van der Waals surface area (Å²) in [6.07, 6.45) is 1.78. The molecule has 1 aromatic carbocycles. The van der Waals surface area contributed by atoms with E-state index in [0.29, 0.717) is 5.92 Å². The molecule has 4 atom stereocenters. The van der Waals surface area contributed by atoms with Crippen LogP contribution in [0.2, 0.25) is 0 Å². The number of ether oxygens (including phenoxy) is 1. The van der Waals surface area contributed by atoms with Gasteiger partial charge in [-0.2, -0.15) is 5.26 Å². The quantitative estimate of drug-likeness (QED) is 0.799. The highest BCUT2D eigenvalue weighted by Gasteiger charge is 2.49. The lowest BCUT2D eigenvalue weighted by molar-refractivity contribution is -0.156. The lowest BCUT2D eigenvalue weighted by Gasteiger charge is -2.51. The Hall–Kier alpha value is -1.86. The Bertz CT molecular complexity index is 552. The van der Waals surface area contributed by atoms with Gasteiger partial charge in [-0.3, -0.25) is 9.69 Å². The number of hydrogen-bond acceptors (Lipinski definition) is 4. The van der Waals surface area contributed by atoms with E-state index in [0.717, 1.165) is 25.9 Å². The second kappa shape index (κ2) is 5.87. The molecule has 1 saturated carbocycles. The van der Waals surface area contributed by atoms with E-state index in [4.69, 9.17) is 4.74 Å². The zero-order valence-electron chi connectivity index (χ0n) is 12.2. The van der Waals surface area contributed by atoms with Crippen molar-refractivity contribution in [1.29, 1.82) is 5.26 Å². The molecule has 1 aromatic rings. The first-order chi connectivity index (χ1) is 10.2. The molecule has 0 N–H and O–H groups in total. The van der Waals surface area contributed by atoms with E-state index in [2.05, 4.69) is 23.1 Å². The topological polar surface area (TPSA) is 53.3 Å². The van der Waals surface area contributed by atoms with Gasteiger partial charge in [0, 0.05) is 19.1 Å². The number of piperidine rings is 2. The Morgan fingerprint density at radius 1 is 1.38 bits per heavy atom. The molecule has 0 amide bonds. The van der Waals surface area contributed by atoms with Gasteiger partial charge in [-0.05, 0) is 24.3 Å². The number of rotatable bonds is 3. The van der Waals surface area contributed by atoms with Crippen molar-refractivity contribution >= 4 is 5.97 Å². The summed E-state index contributed by atoms with van der Waals surface area (Å²) in [5, 5.41) is 9.44. The number of carbonyl (C=O) groups excluding carboxylic acids is 1. The highest BCUT2D eigenvalue weighted by atomic mass is 16.5. The van der Waals surface area contributed by atoms with Crippen molar-refractivity contribution in [3.05, 3.63) is 35.9 Å². The van der Waals surface area contributed by atoms with Crippen LogP contribution < -0.4 is 0 Å². The van der Waals surface area contributed by atoms with Crippen molar-refractivity contribution < 1.29 is 9.53 Å². The Labute approximate surface area is 125 Å². The van der Waals surface area contributed by atoms with Crippen LogP contribution in [-0.4, -0.2) is 30.6 Å². The first-order valence-corrected chi connectivity index (χ1v) is 7.48. The molecule has 4 unspecified atom stereocenters. The first-order valence-electron chi connectivity index (χ1n) is 7.48. The second-order valence-electron chi connectivity index (χ2n) is 6.11. The zero-order chi connectivity index (χ0) is 14.8. The second-order valence-corrected chi connectivity index (χ2v) is 6.11. The largest absolute Gasteiger partial charge is 0.469 e. The van der Waals surface area contributed by atoms with Crippen LogP contribution in [0.4, 0.5) is 0 Å². The number of esters is 1. The molecule has 2 saturated heterocycles. The molecule has 4 nitrogen and oxygen atoms in total. The predicted molar refractivity (Wildman–Crippen MR) is 78.0 cm³/mol. The Kier molecular flexibility index (Phi) is 3.94. The molecule has 2 bridgehead atoms. The highest BCUT2D eigenvalue weighted by molar-refractivity contribution is 5.73. The van der Waals surface area contributed by atoms with E-state index in [9.17, 15) is 10.1 Å². The summed E-state index contributed by atoms with van der Waals surface area (Å²) in [6.45, 7) is 1.78. The molecule has 1 aliphatic carbocycles. The molecule has 2 heterocycles. The average Bonchev–Trinajstić information content (AvgIpc) is 2.54. The highest BCUT2D eigenvalue weighted by Crippen LogP contribution is 2.43. The van der Waals surface area contributed by atoms with Crippen LogP contribution >= 0.6 is 0 Å². The monoisotopic (exact) mass is 284 g/mol. The summed E-state index contributed by atoms with van der Waals surface area (Å²) in [6, 6.07) is 12.6. The van der Waals surface area contributed by atoms with Crippen molar-refractivity contribution in [2.45, 2.75) is 25.4 Å². The fourth-order valence-corrected chi connectivity index (χ4v) is 3.99. The van der Waals surface area contributed by atoms with E-state index in [1.807, 2.05) is 18.2 Å². The number of carbonyl (C=O) groups is 1. The van der Waals surface area contributed by atoms with Crippen molar-refractivity contribution in [1.82, 2.24) is 4.90 Å². The Morgan fingerprint density at radius 3 is 2.81 bits per heavy atom. The summed E-state index contributed by atoms with van der Waals surface area (Å²) in [5.41, 5.74) is 1.23. The SMILES string of the molecule is COC(=O)C1CC2CC(C#N)C1N(Cc1ccccc1)C2. The van der Waals surface area contributed by atoms with E-state index >= 15 is 0 Å². The van der Waals surface area contributed by atoms with Crippen LogP contribution in [-0.2, 0) is 16.1 Å². The van der Waals surface area contributed by atoms with Gasteiger partial charge in [0.05, 0.1) is 25.0 Å². The van der Waals surface area contributed by atoms with Gasteiger partial charge in [-0.15, -0.1) is 0 Å². The number of hydrogen-bond donors (Lipinski definition) is 0. The number of fused-ring (bicyclic) bond motifs is 3. The van der Waals surface area contributed by atoms with E-state index in [-0.39, 0.29) is 23.8 Å². The first kappa shape index (κ1) is 14.1. The number of nitrogens with zero attached hydrogens (tertiary/aromatic N) is 2. The lowest BCUT2D eigenvalue weighted by Crippen LogP contribution is -2.58. The molecule has 110 valence electrons. The van der Waals surface area contributed by atoms with Crippen LogP contribution in [0, 0.1) is 29.1 Å². The standard InChI is InChI=1S/C17H20N2O2/c1-21-17(20)15-8-13-7-14(9-18)16(15)19(11-13)10-12-5-3-2-4-6-12/h2-6,13-16H,7-8,10-11H2,1H3. The Balaban J connectivity index is 1.84. The smallest absolute Gasteiger partial charge is 0.310 e. The van der Waals surface area contributed by atoms with Crippen molar-refractivity contribution in [2.24, 2.45) is 17.8 Å². The molecular formula is C17H20N2O2. The van der Waals surface area contributed by atoms with Gasteiger partial charge in [0.15, 0.2) is 0 Å². The maximum Gasteiger partial charge on any atom is 0.310 e. The molecule has 0 spiro atoms. The molecule has 3 fully saturated rings. The van der Waals surface area contributed by atoms with Crippen LogP contribution in [0.3, 0.4) is 0 Å². The molecule has 2 aliphatic heterocycles. The van der Waals surface area contributed by atoms with E-state index < -0.39 is 0 Å². The maximum atomic E-state index is 12.1. The third-order valence-electron chi connectivity index (χ3n) is 4.81. The summed E-state index contributed by atoms with van der Waals surface area (Å²) in [7, 11) is 1.44. The summed E-state index contributed by atoms with van der Waals surface area (Å²) >= 11 is 0. The van der Waals surface area contributed by atoms with Gasteiger partial charge in [0.2, 0.25) is 0 Å². The third-order valence-corrected chi connectivity index (χ3v) is 4.81. The molecule has 0 radical (unpaired) electrons. The molecule has 3 aliphatic rings. The molecule has 4 heteroatoms. The van der Waals surface area contributed by atoms with Gasteiger partial charge in [-0.1, -0.05) is 30.3 Å². The van der Waals surface area contributed by atoms with Gasteiger partial charge in [0.1, 0.15) is 0 Å². The van der Waals surface area contributed by atoms with Crippen LogP contribution in [0.25, 0.3) is 0 Å². The molecule has 21 heavy (non-hydrogen) atoms. The minimum Gasteiger partial charge on any atom is -0.469 e. The number of benzene rings is 1. The van der Waals surface area contributed by atoms with E-state index in [1.54, 1.807) is 0 Å². The third kappa shape index (κ3) is 2.66. The summed E-state index contributed by atoms with van der Waals surface area (Å²) in [4.78, 5) is 14.4. The normalized spacial score (nSPS) is 31.6. The lowest BCUT2D eigenvalue weighted by atomic mass is 9.67. The zero-order valence-corrected chi connectivity index (χ0v) is 12.2. The molecular weight excluding hydrogens is 264 g/mol. The summed E-state index contributed by atoms with van der Waals surface area (Å²) < 4.78 is 4.96. The van der Waals surface area contributed by atoms with Gasteiger partial charge in [0.25, 0.3) is 0 Å². The van der Waals surface area contributed by atoms with Crippen molar-refractivity contribution in [2.75, 3.05) is 13.7 Å². The number of methoxy groups -OCH3 is 1. The fraction of sp³-hybridized carbons (Fsp3) is 0.529. The Morgan fingerprint density at radius 2 is 2.14 bits per heavy atom. The minimum absolute atomic E-state index is 0.00680. The molecule has 4 rings (SSSR count). The summed E-state index contributed by atoms with van der Waals surface area (Å²) in [5.74, 6) is 0.0383. The van der Waals surface area contributed by atoms with Crippen LogP contribution in [0.1, 0.15) is 18.4 Å². The van der Waals surface area contributed by atoms with Gasteiger partial charge in [-0.25, -0.2) is 0 Å². The minimum atomic E-state index is -0.164. The van der Waals surface area contributed by atoms with Gasteiger partial charge >= 0.3 is 5.97 Å².